The second kappa shape index (κ2) is 8.63. The van der Waals surface area contributed by atoms with Crippen molar-refractivity contribution >= 4 is 0 Å². The quantitative estimate of drug-likeness (QED) is 0.477. The molecule has 30 heavy (non-hydrogen) atoms. The molecular formula is C26H33N3O. The van der Waals surface area contributed by atoms with Crippen molar-refractivity contribution in [2.45, 2.75) is 78.9 Å². The summed E-state index contributed by atoms with van der Waals surface area (Å²) in [6, 6.07) is 13.7. The molecule has 0 fully saturated rings. The molecule has 0 unspecified atom stereocenters. The van der Waals surface area contributed by atoms with E-state index in [9.17, 15) is 0 Å². The average Bonchev–Trinajstić information content (AvgIpc) is 3.13. The molecule has 0 amide bonds. The van der Waals surface area contributed by atoms with Crippen LogP contribution in [0.15, 0.2) is 36.4 Å². The van der Waals surface area contributed by atoms with E-state index in [0.29, 0.717) is 0 Å². The standard InChI is InChI=1S/C26H33N3O/c1-6-7-8-19-9-13-24-20(15-19)10-11-21-16-22(30-18(4)5)12-14-23(21)25-26(24)29(17(2)3)28-27-25/h9,12-18H,6-8,10-11H2,1-5H3. The second-order valence-corrected chi connectivity index (χ2v) is 8.91. The molecule has 0 N–H and O–H groups in total. The van der Waals surface area contributed by atoms with Crippen molar-refractivity contribution in [3.63, 3.8) is 0 Å². The van der Waals surface area contributed by atoms with Gasteiger partial charge < -0.3 is 4.74 Å². The highest BCUT2D eigenvalue weighted by atomic mass is 16.5. The van der Waals surface area contributed by atoms with E-state index in [1.807, 2.05) is 0 Å². The van der Waals surface area contributed by atoms with Crippen molar-refractivity contribution < 1.29 is 4.74 Å². The maximum atomic E-state index is 5.98. The zero-order valence-electron chi connectivity index (χ0n) is 18.9. The number of ether oxygens (including phenoxy) is 1. The summed E-state index contributed by atoms with van der Waals surface area (Å²) in [6.45, 7) is 10.7. The van der Waals surface area contributed by atoms with Gasteiger partial charge >= 0.3 is 0 Å². The SMILES string of the molecule is CCCCc1ccc2c(c1)CCc1cc(OC(C)C)ccc1-c1nnn(C(C)C)c1-2. The lowest BCUT2D eigenvalue weighted by molar-refractivity contribution is 0.242. The molecule has 0 spiro atoms. The molecule has 1 aromatic heterocycles. The zero-order valence-corrected chi connectivity index (χ0v) is 18.9. The third-order valence-electron chi connectivity index (χ3n) is 5.79. The van der Waals surface area contributed by atoms with Crippen molar-refractivity contribution in [1.82, 2.24) is 15.0 Å². The minimum atomic E-state index is 0.163. The van der Waals surface area contributed by atoms with Crippen LogP contribution in [-0.2, 0) is 19.3 Å². The van der Waals surface area contributed by atoms with Crippen LogP contribution in [0.5, 0.6) is 5.75 Å². The summed E-state index contributed by atoms with van der Waals surface area (Å²) in [4.78, 5) is 0. The lowest BCUT2D eigenvalue weighted by Crippen LogP contribution is -2.09. The normalized spacial score (nSPS) is 12.9. The van der Waals surface area contributed by atoms with Gasteiger partial charge in [-0.25, -0.2) is 4.68 Å². The summed E-state index contributed by atoms with van der Waals surface area (Å²) < 4.78 is 8.05. The van der Waals surface area contributed by atoms with E-state index in [-0.39, 0.29) is 12.1 Å². The van der Waals surface area contributed by atoms with Crippen molar-refractivity contribution in [3.05, 3.63) is 53.1 Å². The van der Waals surface area contributed by atoms with Gasteiger partial charge in [-0.2, -0.15) is 0 Å². The Kier molecular flexibility index (Phi) is 5.94. The highest BCUT2D eigenvalue weighted by molar-refractivity contribution is 5.82. The number of fused-ring (bicyclic) bond motifs is 5. The molecule has 4 rings (SSSR count). The Hall–Kier alpha value is -2.62. The van der Waals surface area contributed by atoms with Gasteiger partial charge in [0.25, 0.3) is 0 Å². The van der Waals surface area contributed by atoms with E-state index in [0.717, 1.165) is 36.4 Å². The molecule has 0 aliphatic heterocycles. The van der Waals surface area contributed by atoms with E-state index in [2.05, 4.69) is 86.0 Å². The monoisotopic (exact) mass is 403 g/mol. The van der Waals surface area contributed by atoms with E-state index >= 15 is 0 Å². The second-order valence-electron chi connectivity index (χ2n) is 8.91. The molecule has 1 aliphatic rings. The number of aryl methyl sites for hydroxylation is 3. The molecular weight excluding hydrogens is 370 g/mol. The smallest absolute Gasteiger partial charge is 0.121 e. The summed E-state index contributed by atoms with van der Waals surface area (Å²) >= 11 is 0. The van der Waals surface area contributed by atoms with Crippen molar-refractivity contribution in [1.29, 1.82) is 0 Å². The van der Waals surface area contributed by atoms with Gasteiger partial charge in [-0.3, -0.25) is 0 Å². The van der Waals surface area contributed by atoms with E-state index in [4.69, 9.17) is 4.74 Å². The number of unbranched alkanes of at least 4 members (excludes halogenated alkanes) is 1. The summed E-state index contributed by atoms with van der Waals surface area (Å²) in [5.41, 5.74) is 8.69. The van der Waals surface area contributed by atoms with Crippen LogP contribution in [0.2, 0.25) is 0 Å². The Morgan fingerprint density at radius 3 is 2.40 bits per heavy atom. The minimum absolute atomic E-state index is 0.163. The highest BCUT2D eigenvalue weighted by Crippen LogP contribution is 2.40. The molecule has 1 aliphatic carbocycles. The fourth-order valence-corrected chi connectivity index (χ4v) is 4.33. The maximum Gasteiger partial charge on any atom is 0.121 e. The Morgan fingerprint density at radius 1 is 0.967 bits per heavy atom. The molecule has 0 saturated carbocycles. The van der Waals surface area contributed by atoms with Crippen LogP contribution < -0.4 is 4.74 Å². The first kappa shape index (κ1) is 20.6. The van der Waals surface area contributed by atoms with Gasteiger partial charge in [0, 0.05) is 17.2 Å². The fourth-order valence-electron chi connectivity index (χ4n) is 4.33. The molecule has 0 saturated heterocycles. The van der Waals surface area contributed by atoms with Crippen LogP contribution in [0.4, 0.5) is 0 Å². The van der Waals surface area contributed by atoms with Crippen LogP contribution in [-0.4, -0.2) is 21.1 Å². The van der Waals surface area contributed by atoms with Crippen LogP contribution in [0.3, 0.4) is 0 Å². The maximum absolute atomic E-state index is 5.98. The van der Waals surface area contributed by atoms with Gasteiger partial charge in [0.15, 0.2) is 0 Å². The van der Waals surface area contributed by atoms with E-state index in [1.54, 1.807) is 0 Å². The number of nitrogens with zero attached hydrogens (tertiary/aromatic N) is 3. The third kappa shape index (κ3) is 4.00. The largest absolute Gasteiger partial charge is 0.491 e. The fraction of sp³-hybridized carbons (Fsp3) is 0.462. The van der Waals surface area contributed by atoms with Crippen LogP contribution in [0.25, 0.3) is 22.5 Å². The van der Waals surface area contributed by atoms with E-state index < -0.39 is 0 Å². The van der Waals surface area contributed by atoms with Gasteiger partial charge in [0.1, 0.15) is 11.4 Å². The first-order chi connectivity index (χ1) is 14.5. The third-order valence-corrected chi connectivity index (χ3v) is 5.79. The van der Waals surface area contributed by atoms with Gasteiger partial charge in [-0.05, 0) is 88.3 Å². The molecule has 4 nitrogen and oxygen atoms in total. The van der Waals surface area contributed by atoms with Crippen molar-refractivity contribution in [2.24, 2.45) is 0 Å². The number of hydrogen-bond donors (Lipinski definition) is 0. The molecule has 0 bridgehead atoms. The zero-order chi connectivity index (χ0) is 21.3. The lowest BCUT2D eigenvalue weighted by Gasteiger charge is -2.21. The summed E-state index contributed by atoms with van der Waals surface area (Å²) in [7, 11) is 0. The topological polar surface area (TPSA) is 39.9 Å². The molecule has 4 heteroatoms. The Bertz CT molecular complexity index is 1030. The summed E-state index contributed by atoms with van der Waals surface area (Å²) in [5, 5.41) is 9.21. The number of aromatic nitrogens is 3. The molecule has 3 aromatic rings. The van der Waals surface area contributed by atoms with Gasteiger partial charge in [0.2, 0.25) is 0 Å². The van der Waals surface area contributed by atoms with Crippen LogP contribution in [0, 0.1) is 0 Å². The Balaban J connectivity index is 1.87. The number of hydrogen-bond acceptors (Lipinski definition) is 3. The minimum Gasteiger partial charge on any atom is -0.491 e. The van der Waals surface area contributed by atoms with Crippen LogP contribution in [0.1, 0.15) is 70.2 Å². The van der Waals surface area contributed by atoms with Crippen molar-refractivity contribution in [2.75, 3.05) is 0 Å². The highest BCUT2D eigenvalue weighted by Gasteiger charge is 2.25. The van der Waals surface area contributed by atoms with Gasteiger partial charge in [0.05, 0.1) is 11.8 Å². The molecule has 2 aromatic carbocycles. The van der Waals surface area contributed by atoms with Gasteiger partial charge in [-0.1, -0.05) is 36.8 Å². The first-order valence-corrected chi connectivity index (χ1v) is 11.3. The predicted molar refractivity (Wildman–Crippen MR) is 123 cm³/mol. The summed E-state index contributed by atoms with van der Waals surface area (Å²) in [6.07, 6.45) is 5.74. The van der Waals surface area contributed by atoms with Crippen LogP contribution >= 0.6 is 0 Å². The first-order valence-electron chi connectivity index (χ1n) is 11.3. The Labute approximate surface area is 180 Å². The average molecular weight is 404 g/mol. The lowest BCUT2D eigenvalue weighted by atomic mass is 9.87. The predicted octanol–water partition coefficient (Wildman–Crippen LogP) is 6.42. The molecule has 0 radical (unpaired) electrons. The number of rotatable bonds is 6. The number of benzene rings is 2. The van der Waals surface area contributed by atoms with Gasteiger partial charge in [-0.15, -0.1) is 5.10 Å². The van der Waals surface area contributed by atoms with Crippen molar-refractivity contribution in [3.8, 4) is 28.3 Å². The Morgan fingerprint density at radius 2 is 1.70 bits per heavy atom. The van der Waals surface area contributed by atoms with E-state index in [1.165, 1.54) is 40.7 Å². The molecule has 158 valence electrons. The summed E-state index contributed by atoms with van der Waals surface area (Å²) in [5.74, 6) is 0.930. The molecule has 0 atom stereocenters. The molecule has 1 heterocycles.